The Morgan fingerprint density at radius 1 is 1.25 bits per heavy atom. The molecule has 1 amide bonds. The summed E-state index contributed by atoms with van der Waals surface area (Å²) in [5.41, 5.74) is 6.65. The number of aromatic nitrogens is 2. The molecule has 1 aliphatic rings. The molecule has 1 fully saturated rings. The Bertz CT molecular complexity index is 770. The van der Waals surface area contributed by atoms with Gasteiger partial charge in [-0.1, -0.05) is 18.2 Å². The SMILES string of the molecule is CC(N)C1CCCN(C(=O)c2ccc(=O)n(-c3ccccc3)n2)C1. The molecule has 1 aliphatic heterocycles. The molecule has 0 aliphatic carbocycles. The Kier molecular flexibility index (Phi) is 4.76. The lowest BCUT2D eigenvalue weighted by molar-refractivity contribution is 0.0653. The van der Waals surface area contributed by atoms with Crippen LogP contribution in [0.5, 0.6) is 0 Å². The highest BCUT2D eigenvalue weighted by Gasteiger charge is 2.27. The molecule has 2 heterocycles. The predicted octanol–water partition coefficient (Wildman–Crippen LogP) is 1.43. The number of hydrogen-bond donors (Lipinski definition) is 1. The van der Waals surface area contributed by atoms with Crippen LogP contribution in [0.25, 0.3) is 5.69 Å². The zero-order valence-corrected chi connectivity index (χ0v) is 13.8. The third-order valence-electron chi connectivity index (χ3n) is 4.51. The molecule has 2 aromatic rings. The average Bonchev–Trinajstić information content (AvgIpc) is 2.62. The summed E-state index contributed by atoms with van der Waals surface area (Å²) < 4.78 is 1.26. The number of rotatable bonds is 3. The van der Waals surface area contributed by atoms with Crippen molar-refractivity contribution in [2.24, 2.45) is 11.7 Å². The molecule has 1 saturated heterocycles. The monoisotopic (exact) mass is 326 g/mol. The molecule has 0 spiro atoms. The molecule has 6 heteroatoms. The van der Waals surface area contributed by atoms with Crippen molar-refractivity contribution in [2.45, 2.75) is 25.8 Å². The molecule has 2 atom stereocenters. The third-order valence-corrected chi connectivity index (χ3v) is 4.51. The van der Waals surface area contributed by atoms with Gasteiger partial charge in [-0.05, 0) is 43.9 Å². The number of carbonyl (C=O) groups is 1. The van der Waals surface area contributed by atoms with Crippen LogP contribution < -0.4 is 11.3 Å². The minimum absolute atomic E-state index is 0.0619. The van der Waals surface area contributed by atoms with Gasteiger partial charge in [-0.25, -0.2) is 0 Å². The molecule has 1 aromatic carbocycles. The van der Waals surface area contributed by atoms with Crippen LogP contribution in [-0.4, -0.2) is 39.7 Å². The first-order chi connectivity index (χ1) is 11.6. The summed E-state index contributed by atoms with van der Waals surface area (Å²) in [6.07, 6.45) is 1.98. The van der Waals surface area contributed by atoms with Crippen LogP contribution in [-0.2, 0) is 0 Å². The molecule has 0 radical (unpaired) electrons. The van der Waals surface area contributed by atoms with Gasteiger partial charge in [0, 0.05) is 25.2 Å². The number of carbonyl (C=O) groups excluding carboxylic acids is 1. The van der Waals surface area contributed by atoms with Crippen molar-refractivity contribution in [3.63, 3.8) is 0 Å². The minimum Gasteiger partial charge on any atom is -0.337 e. The van der Waals surface area contributed by atoms with Gasteiger partial charge in [-0.2, -0.15) is 9.78 Å². The Morgan fingerprint density at radius 2 is 2.00 bits per heavy atom. The summed E-state index contributed by atoms with van der Waals surface area (Å²) >= 11 is 0. The van der Waals surface area contributed by atoms with E-state index in [0.29, 0.717) is 24.7 Å². The fraction of sp³-hybridized carbons (Fsp3) is 0.389. The standard InChI is InChI=1S/C18H22N4O2/c1-13(19)14-6-5-11-21(12-14)18(24)16-9-10-17(23)22(20-16)15-7-3-2-4-8-15/h2-4,7-10,13-14H,5-6,11-12,19H2,1H3. The van der Waals surface area contributed by atoms with E-state index in [1.807, 2.05) is 25.1 Å². The number of piperidine rings is 1. The second-order valence-corrected chi connectivity index (χ2v) is 6.32. The van der Waals surface area contributed by atoms with Gasteiger partial charge >= 0.3 is 0 Å². The third kappa shape index (κ3) is 3.38. The van der Waals surface area contributed by atoms with Crippen LogP contribution in [0, 0.1) is 5.92 Å². The lowest BCUT2D eigenvalue weighted by Gasteiger charge is -2.34. The summed E-state index contributed by atoms with van der Waals surface area (Å²) in [4.78, 5) is 26.6. The molecule has 6 nitrogen and oxygen atoms in total. The minimum atomic E-state index is -0.259. The number of nitrogens with two attached hydrogens (primary N) is 1. The summed E-state index contributed by atoms with van der Waals surface area (Å²) in [6, 6.07) is 12.1. The van der Waals surface area contributed by atoms with Crippen LogP contribution in [0.15, 0.2) is 47.3 Å². The van der Waals surface area contributed by atoms with E-state index < -0.39 is 0 Å². The van der Waals surface area contributed by atoms with E-state index >= 15 is 0 Å². The largest absolute Gasteiger partial charge is 0.337 e. The zero-order chi connectivity index (χ0) is 17.1. The van der Waals surface area contributed by atoms with E-state index in [-0.39, 0.29) is 23.2 Å². The molecule has 3 rings (SSSR count). The number of nitrogens with zero attached hydrogens (tertiary/aromatic N) is 3. The van der Waals surface area contributed by atoms with E-state index in [1.54, 1.807) is 17.0 Å². The zero-order valence-electron chi connectivity index (χ0n) is 13.8. The van der Waals surface area contributed by atoms with Crippen molar-refractivity contribution in [3.8, 4) is 5.69 Å². The van der Waals surface area contributed by atoms with Crippen LogP contribution in [0.3, 0.4) is 0 Å². The summed E-state index contributed by atoms with van der Waals surface area (Å²) in [7, 11) is 0. The smallest absolute Gasteiger partial charge is 0.274 e. The van der Waals surface area contributed by atoms with Gasteiger partial charge in [-0.15, -0.1) is 0 Å². The van der Waals surface area contributed by atoms with Crippen molar-refractivity contribution in [3.05, 3.63) is 58.5 Å². The molecule has 1 aromatic heterocycles. The number of para-hydroxylation sites is 1. The van der Waals surface area contributed by atoms with E-state index in [4.69, 9.17) is 5.73 Å². The van der Waals surface area contributed by atoms with Crippen LogP contribution in [0.4, 0.5) is 0 Å². The highest BCUT2D eigenvalue weighted by atomic mass is 16.2. The van der Waals surface area contributed by atoms with Crippen LogP contribution in [0.1, 0.15) is 30.3 Å². The highest BCUT2D eigenvalue weighted by Crippen LogP contribution is 2.20. The van der Waals surface area contributed by atoms with Gasteiger partial charge in [0.15, 0.2) is 0 Å². The number of hydrogen-bond acceptors (Lipinski definition) is 4. The first kappa shape index (κ1) is 16.4. The Labute approximate surface area is 140 Å². The van der Waals surface area contributed by atoms with E-state index in [9.17, 15) is 9.59 Å². The fourth-order valence-corrected chi connectivity index (χ4v) is 3.07. The molecule has 2 unspecified atom stereocenters. The predicted molar refractivity (Wildman–Crippen MR) is 92.1 cm³/mol. The van der Waals surface area contributed by atoms with E-state index in [1.165, 1.54) is 16.8 Å². The molecule has 126 valence electrons. The Balaban J connectivity index is 1.87. The number of likely N-dealkylation sites (tertiary alicyclic amines) is 1. The highest BCUT2D eigenvalue weighted by molar-refractivity contribution is 5.92. The fourth-order valence-electron chi connectivity index (χ4n) is 3.07. The van der Waals surface area contributed by atoms with Gasteiger partial charge in [0.2, 0.25) is 0 Å². The second kappa shape index (κ2) is 6.97. The summed E-state index contributed by atoms with van der Waals surface area (Å²) in [5.74, 6) is 0.160. The number of amides is 1. The Hall–Kier alpha value is -2.47. The lowest BCUT2D eigenvalue weighted by atomic mass is 9.92. The molecule has 2 N–H and O–H groups in total. The van der Waals surface area contributed by atoms with Crippen LogP contribution in [0.2, 0.25) is 0 Å². The normalized spacial score (nSPS) is 19.1. The van der Waals surface area contributed by atoms with E-state index in [2.05, 4.69) is 5.10 Å². The second-order valence-electron chi connectivity index (χ2n) is 6.32. The van der Waals surface area contributed by atoms with Gasteiger partial charge in [-0.3, -0.25) is 9.59 Å². The first-order valence-electron chi connectivity index (χ1n) is 8.27. The quantitative estimate of drug-likeness (QED) is 0.925. The van der Waals surface area contributed by atoms with Gasteiger partial charge in [0.25, 0.3) is 11.5 Å². The van der Waals surface area contributed by atoms with Crippen LogP contribution >= 0.6 is 0 Å². The Morgan fingerprint density at radius 3 is 2.71 bits per heavy atom. The van der Waals surface area contributed by atoms with Gasteiger partial charge in [0.05, 0.1) is 5.69 Å². The molecule has 0 bridgehead atoms. The molecule has 0 saturated carbocycles. The topological polar surface area (TPSA) is 81.2 Å². The first-order valence-corrected chi connectivity index (χ1v) is 8.27. The van der Waals surface area contributed by atoms with Gasteiger partial charge < -0.3 is 10.6 Å². The molecular formula is C18H22N4O2. The van der Waals surface area contributed by atoms with Crippen molar-refractivity contribution in [1.82, 2.24) is 14.7 Å². The maximum Gasteiger partial charge on any atom is 0.274 e. The van der Waals surface area contributed by atoms with E-state index in [0.717, 1.165) is 12.8 Å². The summed E-state index contributed by atoms with van der Waals surface area (Å²) in [5, 5.41) is 4.27. The maximum absolute atomic E-state index is 12.8. The summed E-state index contributed by atoms with van der Waals surface area (Å²) in [6.45, 7) is 3.32. The van der Waals surface area contributed by atoms with Crippen molar-refractivity contribution in [2.75, 3.05) is 13.1 Å². The van der Waals surface area contributed by atoms with Crippen molar-refractivity contribution >= 4 is 5.91 Å². The average molecular weight is 326 g/mol. The van der Waals surface area contributed by atoms with Crippen molar-refractivity contribution in [1.29, 1.82) is 0 Å². The molecule has 24 heavy (non-hydrogen) atoms. The lowest BCUT2D eigenvalue weighted by Crippen LogP contribution is -2.45. The van der Waals surface area contributed by atoms with Gasteiger partial charge in [0.1, 0.15) is 5.69 Å². The molecular weight excluding hydrogens is 304 g/mol. The maximum atomic E-state index is 12.8. The van der Waals surface area contributed by atoms with Crippen molar-refractivity contribution < 1.29 is 4.79 Å². The number of benzene rings is 1.